The lowest BCUT2D eigenvalue weighted by molar-refractivity contribution is 0.354. The normalized spacial score (nSPS) is 11.7. The van der Waals surface area contributed by atoms with E-state index in [1.54, 1.807) is 0 Å². The van der Waals surface area contributed by atoms with Crippen LogP contribution >= 0.6 is 0 Å². The van der Waals surface area contributed by atoms with Crippen molar-refractivity contribution < 1.29 is 5.11 Å². The number of aromatic hydroxyl groups is 1. The van der Waals surface area contributed by atoms with Gasteiger partial charge in [0.25, 0.3) is 0 Å². The van der Waals surface area contributed by atoms with Crippen LogP contribution in [0.4, 0.5) is 0 Å². The van der Waals surface area contributed by atoms with Crippen LogP contribution < -0.4 is 0 Å². The Morgan fingerprint density at radius 3 is 2.00 bits per heavy atom. The van der Waals surface area contributed by atoms with Gasteiger partial charge in [0, 0.05) is 0 Å². The molecule has 0 aromatic heterocycles. The van der Waals surface area contributed by atoms with Crippen LogP contribution in [-0.4, -0.2) is 5.11 Å². The van der Waals surface area contributed by atoms with E-state index in [0.29, 0.717) is 5.75 Å². The summed E-state index contributed by atoms with van der Waals surface area (Å²) in [5.74, 6) is 0.460. The third-order valence-corrected chi connectivity index (χ3v) is 3.72. The van der Waals surface area contributed by atoms with E-state index in [9.17, 15) is 5.11 Å². The number of benzene rings is 1. The Hall–Kier alpha value is -0.980. The van der Waals surface area contributed by atoms with Crippen molar-refractivity contribution >= 4 is 0 Å². The van der Waals surface area contributed by atoms with E-state index in [1.165, 1.54) is 38.5 Å². The van der Waals surface area contributed by atoms with Crippen molar-refractivity contribution in [1.82, 2.24) is 0 Å². The summed E-state index contributed by atoms with van der Waals surface area (Å²) in [5, 5.41) is 10.0. The van der Waals surface area contributed by atoms with Gasteiger partial charge >= 0.3 is 0 Å². The molecule has 0 saturated heterocycles. The third-order valence-electron chi connectivity index (χ3n) is 3.72. The van der Waals surface area contributed by atoms with Crippen molar-refractivity contribution in [2.45, 2.75) is 64.7 Å². The van der Waals surface area contributed by atoms with E-state index in [4.69, 9.17) is 0 Å². The average molecular weight is 234 g/mol. The number of rotatable bonds is 7. The lowest BCUT2D eigenvalue weighted by atomic mass is 9.74. The molecule has 0 spiro atoms. The van der Waals surface area contributed by atoms with Gasteiger partial charge in [0.05, 0.1) is 0 Å². The first kappa shape index (κ1) is 14.1. The highest BCUT2D eigenvalue weighted by Gasteiger charge is 2.27. The molecule has 0 bridgehead atoms. The Labute approximate surface area is 106 Å². The molecule has 0 atom stereocenters. The third kappa shape index (κ3) is 3.76. The number of unbranched alkanes of at least 4 members (excludes halogenated alkanes) is 2. The lowest BCUT2D eigenvalue weighted by Crippen LogP contribution is -2.22. The van der Waals surface area contributed by atoms with Gasteiger partial charge in [-0.2, -0.15) is 0 Å². The van der Waals surface area contributed by atoms with E-state index < -0.39 is 0 Å². The predicted molar refractivity (Wildman–Crippen MR) is 74.5 cm³/mol. The van der Waals surface area contributed by atoms with Gasteiger partial charge in [-0.05, 0) is 29.9 Å². The molecule has 1 nitrogen and oxygen atoms in total. The van der Waals surface area contributed by atoms with Crippen molar-refractivity contribution in [3.63, 3.8) is 0 Å². The minimum atomic E-state index is 0.136. The van der Waals surface area contributed by atoms with Gasteiger partial charge in [0.1, 0.15) is 5.75 Å². The maximum absolute atomic E-state index is 10.0. The molecule has 96 valence electrons. The van der Waals surface area contributed by atoms with Gasteiger partial charge in [0.2, 0.25) is 0 Å². The second kappa shape index (κ2) is 6.68. The van der Waals surface area contributed by atoms with Gasteiger partial charge in [0.15, 0.2) is 0 Å². The summed E-state index contributed by atoms with van der Waals surface area (Å²) in [6.07, 6.45) is 7.23. The minimum Gasteiger partial charge on any atom is -0.508 e. The maximum Gasteiger partial charge on any atom is 0.119 e. The first-order chi connectivity index (χ1) is 8.14. The fourth-order valence-corrected chi connectivity index (χ4v) is 2.51. The quantitative estimate of drug-likeness (QED) is 0.701. The molecule has 1 N–H and O–H groups in total. The fraction of sp³-hybridized carbons (Fsp3) is 0.625. The average Bonchev–Trinajstić information content (AvgIpc) is 2.34. The van der Waals surface area contributed by atoms with Crippen molar-refractivity contribution in [1.29, 1.82) is 0 Å². The zero-order valence-electron chi connectivity index (χ0n) is 11.5. The molecule has 0 saturated carbocycles. The van der Waals surface area contributed by atoms with E-state index in [-0.39, 0.29) is 5.41 Å². The molecule has 0 fully saturated rings. The first-order valence-corrected chi connectivity index (χ1v) is 6.92. The number of para-hydroxylation sites is 1. The summed E-state index contributed by atoms with van der Waals surface area (Å²) in [7, 11) is 0. The van der Waals surface area contributed by atoms with Crippen LogP contribution in [0.2, 0.25) is 0 Å². The van der Waals surface area contributed by atoms with Crippen molar-refractivity contribution in [2.24, 2.45) is 0 Å². The molecular formula is C16H26O. The molecule has 0 unspecified atom stereocenters. The van der Waals surface area contributed by atoms with E-state index in [0.717, 1.165) is 5.56 Å². The van der Waals surface area contributed by atoms with Crippen LogP contribution in [0.1, 0.15) is 64.9 Å². The highest BCUT2D eigenvalue weighted by atomic mass is 16.3. The molecule has 1 rings (SSSR count). The molecule has 1 aromatic rings. The van der Waals surface area contributed by atoms with E-state index >= 15 is 0 Å². The summed E-state index contributed by atoms with van der Waals surface area (Å²) >= 11 is 0. The molecule has 0 aliphatic heterocycles. The van der Waals surface area contributed by atoms with Crippen LogP contribution in [0.15, 0.2) is 24.3 Å². The molecule has 1 aromatic carbocycles. The van der Waals surface area contributed by atoms with Crippen LogP contribution in [-0.2, 0) is 5.41 Å². The number of hydrogen-bond donors (Lipinski definition) is 1. The largest absolute Gasteiger partial charge is 0.508 e. The fourth-order valence-electron chi connectivity index (χ4n) is 2.51. The molecule has 0 amide bonds. The molecule has 0 aliphatic carbocycles. The Bertz CT molecular complexity index is 322. The van der Waals surface area contributed by atoms with Gasteiger partial charge in [-0.1, -0.05) is 64.7 Å². The summed E-state index contributed by atoms with van der Waals surface area (Å²) in [6.45, 7) is 6.75. The number of phenolic OH excluding ortho intramolecular Hbond substituents is 1. The lowest BCUT2D eigenvalue weighted by Gasteiger charge is -2.31. The highest BCUT2D eigenvalue weighted by Crippen LogP contribution is 2.39. The van der Waals surface area contributed by atoms with Crippen molar-refractivity contribution in [2.75, 3.05) is 0 Å². The molecular weight excluding hydrogens is 208 g/mol. The first-order valence-electron chi connectivity index (χ1n) is 6.92. The van der Waals surface area contributed by atoms with E-state index in [1.807, 2.05) is 18.2 Å². The van der Waals surface area contributed by atoms with E-state index in [2.05, 4.69) is 26.8 Å². The zero-order valence-corrected chi connectivity index (χ0v) is 11.5. The SMILES string of the molecule is CCCCC(C)(CCCC)c1ccccc1O. The van der Waals surface area contributed by atoms with Crippen molar-refractivity contribution in [3.8, 4) is 5.75 Å². The van der Waals surface area contributed by atoms with Gasteiger partial charge in [-0.3, -0.25) is 0 Å². The molecule has 0 aliphatic rings. The highest BCUT2D eigenvalue weighted by molar-refractivity contribution is 5.38. The monoisotopic (exact) mass is 234 g/mol. The van der Waals surface area contributed by atoms with Crippen molar-refractivity contribution in [3.05, 3.63) is 29.8 Å². The second-order valence-corrected chi connectivity index (χ2v) is 5.28. The Kier molecular flexibility index (Phi) is 5.54. The summed E-state index contributed by atoms with van der Waals surface area (Å²) in [5.41, 5.74) is 1.26. The molecule has 0 radical (unpaired) electrons. The molecule has 1 heteroatoms. The van der Waals surface area contributed by atoms with Gasteiger partial charge in [-0.15, -0.1) is 0 Å². The smallest absolute Gasteiger partial charge is 0.119 e. The Balaban J connectivity index is 2.92. The van der Waals surface area contributed by atoms with Gasteiger partial charge < -0.3 is 5.11 Å². The minimum absolute atomic E-state index is 0.136. The predicted octanol–water partition coefficient (Wildman–Crippen LogP) is 5.03. The Morgan fingerprint density at radius 2 is 1.53 bits per heavy atom. The molecule has 0 heterocycles. The Morgan fingerprint density at radius 1 is 1.00 bits per heavy atom. The number of hydrogen-bond acceptors (Lipinski definition) is 1. The molecule has 17 heavy (non-hydrogen) atoms. The maximum atomic E-state index is 10.0. The van der Waals surface area contributed by atoms with Gasteiger partial charge in [-0.25, -0.2) is 0 Å². The van der Waals surface area contributed by atoms with Crippen LogP contribution in [0.3, 0.4) is 0 Å². The van der Waals surface area contributed by atoms with Crippen LogP contribution in [0, 0.1) is 0 Å². The topological polar surface area (TPSA) is 20.2 Å². The van der Waals surface area contributed by atoms with Crippen LogP contribution in [0.5, 0.6) is 5.75 Å². The summed E-state index contributed by atoms with van der Waals surface area (Å²) < 4.78 is 0. The van der Waals surface area contributed by atoms with Crippen LogP contribution in [0.25, 0.3) is 0 Å². The number of phenols is 1. The summed E-state index contributed by atoms with van der Waals surface area (Å²) in [4.78, 5) is 0. The standard InChI is InChI=1S/C16H26O/c1-4-6-12-16(3,13-7-5-2)14-10-8-9-11-15(14)17/h8-11,17H,4-7,12-13H2,1-3H3. The second-order valence-electron chi connectivity index (χ2n) is 5.28. The zero-order chi connectivity index (χ0) is 12.7. The summed E-state index contributed by atoms with van der Waals surface area (Å²) in [6, 6.07) is 7.83.